The summed E-state index contributed by atoms with van der Waals surface area (Å²) in [5, 5.41) is 0. The summed E-state index contributed by atoms with van der Waals surface area (Å²) >= 11 is 0. The molecule has 0 bridgehead atoms. The number of hydrazine groups is 1. The third-order valence-electron chi connectivity index (χ3n) is 3.35. The number of ether oxygens (including phenoxy) is 3. The first-order chi connectivity index (χ1) is 12.6. The lowest BCUT2D eigenvalue weighted by Gasteiger charge is -2.12. The Morgan fingerprint density at radius 2 is 1.65 bits per heavy atom. The number of aromatic nitrogens is 1. The summed E-state index contributed by atoms with van der Waals surface area (Å²) in [5.74, 6) is 0.469. The Morgan fingerprint density at radius 3 is 2.27 bits per heavy atom. The van der Waals surface area contributed by atoms with Crippen molar-refractivity contribution in [1.82, 2.24) is 15.8 Å². The molecule has 0 atom stereocenters. The quantitative estimate of drug-likeness (QED) is 0.602. The second-order valence-corrected chi connectivity index (χ2v) is 4.94. The van der Waals surface area contributed by atoms with E-state index < -0.39 is 11.8 Å². The van der Waals surface area contributed by atoms with Crippen LogP contribution in [0.25, 0.3) is 6.08 Å². The van der Waals surface area contributed by atoms with E-state index in [1.165, 1.54) is 45.7 Å². The fourth-order valence-corrected chi connectivity index (χ4v) is 2.07. The number of nitrogens with one attached hydrogen (secondary N) is 2. The number of pyridine rings is 1. The highest BCUT2D eigenvalue weighted by Gasteiger charge is 2.11. The standard InChI is InChI=1S/C18H19N3O5/c1-24-14-11-16(26-3)15(25-2)10-12(14)7-8-17(22)20-21-18(23)13-6-4-5-9-19-13/h4-11H,1-3H3,(H,20,22)(H,21,23)/b8-7+. The molecule has 0 aliphatic heterocycles. The third-order valence-corrected chi connectivity index (χ3v) is 3.35. The molecule has 0 unspecified atom stereocenters. The zero-order chi connectivity index (χ0) is 18.9. The van der Waals surface area contributed by atoms with Gasteiger partial charge in [0.05, 0.1) is 21.3 Å². The normalized spacial score (nSPS) is 10.3. The summed E-state index contributed by atoms with van der Waals surface area (Å²) in [4.78, 5) is 27.6. The minimum absolute atomic E-state index is 0.193. The van der Waals surface area contributed by atoms with Crippen molar-refractivity contribution in [3.63, 3.8) is 0 Å². The molecule has 1 aromatic heterocycles. The first-order valence-electron chi connectivity index (χ1n) is 7.58. The molecule has 0 spiro atoms. The van der Waals surface area contributed by atoms with Gasteiger partial charge in [-0.15, -0.1) is 0 Å². The van der Waals surface area contributed by atoms with E-state index >= 15 is 0 Å². The Balaban J connectivity index is 2.04. The molecule has 2 N–H and O–H groups in total. The van der Waals surface area contributed by atoms with Crippen molar-refractivity contribution < 1.29 is 23.8 Å². The maximum Gasteiger partial charge on any atom is 0.288 e. The van der Waals surface area contributed by atoms with Gasteiger partial charge < -0.3 is 14.2 Å². The van der Waals surface area contributed by atoms with Gasteiger partial charge in [-0.2, -0.15) is 0 Å². The van der Waals surface area contributed by atoms with Gasteiger partial charge in [-0.1, -0.05) is 6.07 Å². The number of methoxy groups -OCH3 is 3. The van der Waals surface area contributed by atoms with Crippen molar-refractivity contribution in [2.75, 3.05) is 21.3 Å². The average molecular weight is 357 g/mol. The van der Waals surface area contributed by atoms with Crippen molar-refractivity contribution in [2.45, 2.75) is 0 Å². The van der Waals surface area contributed by atoms with Crippen molar-refractivity contribution in [3.05, 3.63) is 53.9 Å². The van der Waals surface area contributed by atoms with E-state index in [1.807, 2.05) is 0 Å². The first-order valence-corrected chi connectivity index (χ1v) is 7.58. The van der Waals surface area contributed by atoms with Gasteiger partial charge in [0, 0.05) is 23.9 Å². The fourth-order valence-electron chi connectivity index (χ4n) is 2.07. The number of carbonyl (C=O) groups is 2. The van der Waals surface area contributed by atoms with Crippen molar-refractivity contribution in [3.8, 4) is 17.2 Å². The van der Waals surface area contributed by atoms with Crippen LogP contribution in [-0.4, -0.2) is 38.1 Å². The number of nitrogens with zero attached hydrogens (tertiary/aromatic N) is 1. The van der Waals surface area contributed by atoms with E-state index in [-0.39, 0.29) is 5.69 Å². The lowest BCUT2D eigenvalue weighted by Crippen LogP contribution is -2.41. The summed E-state index contributed by atoms with van der Waals surface area (Å²) in [7, 11) is 4.54. The van der Waals surface area contributed by atoms with E-state index in [2.05, 4.69) is 15.8 Å². The number of benzene rings is 1. The first kappa shape index (κ1) is 18.8. The molecule has 26 heavy (non-hydrogen) atoms. The minimum atomic E-state index is -0.522. The number of rotatable bonds is 6. The molecule has 0 radical (unpaired) electrons. The maximum atomic E-state index is 11.9. The van der Waals surface area contributed by atoms with Crippen LogP contribution in [0.5, 0.6) is 17.2 Å². The molecule has 136 valence electrons. The van der Waals surface area contributed by atoms with Crippen LogP contribution >= 0.6 is 0 Å². The highest BCUT2D eigenvalue weighted by atomic mass is 16.5. The molecule has 0 aliphatic carbocycles. The van der Waals surface area contributed by atoms with Crippen molar-refractivity contribution >= 4 is 17.9 Å². The number of amides is 2. The van der Waals surface area contributed by atoms with E-state index in [1.54, 1.807) is 24.3 Å². The Hall–Kier alpha value is -3.55. The smallest absolute Gasteiger partial charge is 0.288 e. The number of carbonyl (C=O) groups excluding carboxylic acids is 2. The maximum absolute atomic E-state index is 11.9. The van der Waals surface area contributed by atoms with Crippen LogP contribution in [-0.2, 0) is 4.79 Å². The van der Waals surface area contributed by atoms with Crippen molar-refractivity contribution in [2.24, 2.45) is 0 Å². The molecule has 2 amide bonds. The largest absolute Gasteiger partial charge is 0.496 e. The zero-order valence-corrected chi connectivity index (χ0v) is 14.6. The topological polar surface area (TPSA) is 98.8 Å². The molecule has 1 aromatic carbocycles. The van der Waals surface area contributed by atoms with E-state index in [0.717, 1.165) is 0 Å². The Kier molecular flexibility index (Phi) is 6.55. The molecule has 1 heterocycles. The van der Waals surface area contributed by atoms with Gasteiger partial charge in [0.15, 0.2) is 11.5 Å². The van der Waals surface area contributed by atoms with Crippen LogP contribution in [0.2, 0.25) is 0 Å². The molecule has 0 fully saturated rings. The van der Waals surface area contributed by atoms with Gasteiger partial charge in [0.1, 0.15) is 11.4 Å². The number of hydrogen-bond acceptors (Lipinski definition) is 6. The fraction of sp³-hybridized carbons (Fsp3) is 0.167. The molecule has 8 nitrogen and oxygen atoms in total. The van der Waals surface area contributed by atoms with Crippen molar-refractivity contribution in [1.29, 1.82) is 0 Å². The highest BCUT2D eigenvalue weighted by molar-refractivity contribution is 5.97. The monoisotopic (exact) mass is 357 g/mol. The van der Waals surface area contributed by atoms with Gasteiger partial charge >= 0.3 is 0 Å². The molecule has 0 saturated carbocycles. The summed E-state index contributed by atoms with van der Waals surface area (Å²) in [5.41, 5.74) is 5.35. The predicted octanol–water partition coefficient (Wildman–Crippen LogP) is 1.58. The second kappa shape index (κ2) is 9.07. The Morgan fingerprint density at radius 1 is 0.962 bits per heavy atom. The Bertz CT molecular complexity index is 806. The van der Waals surface area contributed by atoms with Crippen LogP contribution in [0.4, 0.5) is 0 Å². The van der Waals surface area contributed by atoms with Crippen LogP contribution in [0.1, 0.15) is 16.1 Å². The van der Waals surface area contributed by atoms with Gasteiger partial charge in [0.25, 0.3) is 11.8 Å². The lowest BCUT2D eigenvalue weighted by atomic mass is 10.1. The van der Waals surface area contributed by atoms with Gasteiger partial charge in [-0.3, -0.25) is 25.4 Å². The van der Waals surface area contributed by atoms with Crippen LogP contribution in [0.3, 0.4) is 0 Å². The zero-order valence-electron chi connectivity index (χ0n) is 14.6. The van der Waals surface area contributed by atoms with E-state index in [4.69, 9.17) is 14.2 Å². The van der Waals surface area contributed by atoms with Gasteiger partial charge in [0.2, 0.25) is 0 Å². The summed E-state index contributed by atoms with van der Waals surface area (Å²) < 4.78 is 15.7. The molecule has 0 saturated heterocycles. The highest BCUT2D eigenvalue weighted by Crippen LogP contribution is 2.35. The van der Waals surface area contributed by atoms with Crippen LogP contribution in [0, 0.1) is 0 Å². The molecule has 8 heteroatoms. The SMILES string of the molecule is COc1cc(OC)c(OC)cc1/C=C/C(=O)NNC(=O)c1ccccn1. The molecule has 2 rings (SSSR count). The van der Waals surface area contributed by atoms with Crippen LogP contribution < -0.4 is 25.1 Å². The molecular weight excluding hydrogens is 338 g/mol. The Labute approximate surface area is 150 Å². The predicted molar refractivity (Wildman–Crippen MR) is 95.0 cm³/mol. The van der Waals surface area contributed by atoms with Gasteiger partial charge in [-0.25, -0.2) is 0 Å². The molecule has 2 aromatic rings. The van der Waals surface area contributed by atoms with Crippen LogP contribution in [0.15, 0.2) is 42.6 Å². The minimum Gasteiger partial charge on any atom is -0.496 e. The molecular formula is C18H19N3O5. The second-order valence-electron chi connectivity index (χ2n) is 4.94. The van der Waals surface area contributed by atoms with Gasteiger partial charge in [-0.05, 0) is 24.3 Å². The number of hydrogen-bond donors (Lipinski definition) is 2. The average Bonchev–Trinajstić information content (AvgIpc) is 2.70. The summed E-state index contributed by atoms with van der Waals surface area (Å²) in [6.45, 7) is 0. The lowest BCUT2D eigenvalue weighted by molar-refractivity contribution is -0.117. The third kappa shape index (κ3) is 4.73. The summed E-state index contributed by atoms with van der Waals surface area (Å²) in [6, 6.07) is 8.22. The van der Waals surface area contributed by atoms with E-state index in [9.17, 15) is 9.59 Å². The van der Waals surface area contributed by atoms with E-state index in [0.29, 0.717) is 22.8 Å². The summed E-state index contributed by atoms with van der Waals surface area (Å²) in [6.07, 6.45) is 4.27. The molecule has 0 aliphatic rings.